The van der Waals surface area contributed by atoms with E-state index < -0.39 is 0 Å². The molecule has 0 fully saturated rings. The number of hydrogen-bond acceptors (Lipinski definition) is 2. The first-order valence-electron chi connectivity index (χ1n) is 4.36. The second-order valence-electron chi connectivity index (χ2n) is 2.99. The molecule has 3 heteroatoms. The standard InChI is InChI=1S/C12H7NO2/c1-13-12-6-5-11(15-12)10-4-2-3-9(7-10)8-14/h2-8H. The Kier molecular flexibility index (Phi) is 2.34. The number of aldehydes is 1. The highest BCUT2D eigenvalue weighted by molar-refractivity contribution is 5.78. The van der Waals surface area contributed by atoms with Crippen molar-refractivity contribution >= 4 is 12.2 Å². The van der Waals surface area contributed by atoms with E-state index in [1.165, 1.54) is 0 Å². The largest absolute Gasteiger partial charge is 0.480 e. The van der Waals surface area contributed by atoms with Gasteiger partial charge in [0.05, 0.1) is 6.57 Å². The molecule has 0 aliphatic carbocycles. The molecule has 0 bridgehead atoms. The second-order valence-corrected chi connectivity index (χ2v) is 2.99. The van der Waals surface area contributed by atoms with Crippen molar-refractivity contribution in [3.63, 3.8) is 0 Å². The Morgan fingerprint density at radius 3 is 2.80 bits per heavy atom. The third kappa shape index (κ3) is 1.79. The van der Waals surface area contributed by atoms with Crippen LogP contribution in [0, 0.1) is 6.57 Å². The van der Waals surface area contributed by atoms with Crippen LogP contribution >= 0.6 is 0 Å². The van der Waals surface area contributed by atoms with Crippen LogP contribution in [0.1, 0.15) is 10.4 Å². The predicted molar refractivity (Wildman–Crippen MR) is 55.8 cm³/mol. The highest BCUT2D eigenvalue weighted by Gasteiger charge is 2.04. The fourth-order valence-electron chi connectivity index (χ4n) is 1.31. The summed E-state index contributed by atoms with van der Waals surface area (Å²) >= 11 is 0. The van der Waals surface area contributed by atoms with E-state index in [4.69, 9.17) is 11.0 Å². The van der Waals surface area contributed by atoms with Gasteiger partial charge < -0.3 is 4.42 Å². The number of hydrogen-bond donors (Lipinski definition) is 0. The number of rotatable bonds is 2. The Morgan fingerprint density at radius 1 is 1.27 bits per heavy atom. The van der Waals surface area contributed by atoms with Gasteiger partial charge in [-0.3, -0.25) is 4.79 Å². The fourth-order valence-corrected chi connectivity index (χ4v) is 1.31. The first kappa shape index (κ1) is 9.22. The third-order valence-electron chi connectivity index (χ3n) is 2.01. The first-order chi connectivity index (χ1) is 7.33. The average molecular weight is 197 g/mol. The maximum absolute atomic E-state index is 10.6. The zero-order valence-electron chi connectivity index (χ0n) is 7.81. The molecule has 0 radical (unpaired) electrons. The summed E-state index contributed by atoms with van der Waals surface area (Å²) < 4.78 is 5.25. The molecular weight excluding hydrogens is 190 g/mol. The third-order valence-corrected chi connectivity index (χ3v) is 2.01. The van der Waals surface area contributed by atoms with Crippen LogP contribution in [0.25, 0.3) is 16.2 Å². The van der Waals surface area contributed by atoms with E-state index in [9.17, 15) is 4.79 Å². The Labute approximate surface area is 86.8 Å². The normalized spacial score (nSPS) is 9.53. The Hall–Kier alpha value is -2.34. The van der Waals surface area contributed by atoms with Crippen LogP contribution in [-0.2, 0) is 0 Å². The van der Waals surface area contributed by atoms with Gasteiger partial charge in [-0.25, -0.2) is 0 Å². The maximum atomic E-state index is 10.6. The number of carbonyl (C=O) groups is 1. The minimum atomic E-state index is 0.251. The zero-order chi connectivity index (χ0) is 10.7. The van der Waals surface area contributed by atoms with E-state index >= 15 is 0 Å². The van der Waals surface area contributed by atoms with Crippen molar-refractivity contribution in [1.82, 2.24) is 0 Å². The van der Waals surface area contributed by atoms with Crippen LogP contribution in [0.5, 0.6) is 0 Å². The molecular formula is C12H7NO2. The van der Waals surface area contributed by atoms with E-state index in [1.54, 1.807) is 30.3 Å². The fraction of sp³-hybridized carbons (Fsp3) is 0. The SMILES string of the molecule is [C-]#[N+]c1ccc(-c2cccc(C=O)c2)o1. The van der Waals surface area contributed by atoms with Crippen molar-refractivity contribution in [2.24, 2.45) is 0 Å². The molecule has 2 rings (SSSR count). The summed E-state index contributed by atoms with van der Waals surface area (Å²) in [6.45, 7) is 6.77. The van der Waals surface area contributed by atoms with Crippen LogP contribution < -0.4 is 0 Å². The summed E-state index contributed by atoms with van der Waals surface area (Å²) in [5.74, 6) is 0.853. The van der Waals surface area contributed by atoms with Crippen molar-refractivity contribution in [1.29, 1.82) is 0 Å². The van der Waals surface area contributed by atoms with Crippen LogP contribution in [-0.4, -0.2) is 6.29 Å². The van der Waals surface area contributed by atoms with Gasteiger partial charge in [-0.2, -0.15) is 4.85 Å². The van der Waals surface area contributed by atoms with Crippen molar-refractivity contribution in [2.75, 3.05) is 0 Å². The van der Waals surface area contributed by atoms with E-state index in [-0.39, 0.29) is 5.88 Å². The van der Waals surface area contributed by atoms with Gasteiger partial charge in [0.15, 0.2) is 0 Å². The minimum absolute atomic E-state index is 0.251. The van der Waals surface area contributed by atoms with Crippen LogP contribution in [0.3, 0.4) is 0 Å². The van der Waals surface area contributed by atoms with Crippen molar-refractivity contribution < 1.29 is 9.21 Å². The molecule has 0 unspecified atom stereocenters. The predicted octanol–water partition coefficient (Wildman–Crippen LogP) is 3.31. The molecule has 1 heterocycles. The molecule has 1 aromatic heterocycles. The topological polar surface area (TPSA) is 34.6 Å². The van der Waals surface area contributed by atoms with Crippen LogP contribution in [0.15, 0.2) is 40.8 Å². The highest BCUT2D eigenvalue weighted by atomic mass is 16.4. The van der Waals surface area contributed by atoms with E-state index in [0.717, 1.165) is 11.8 Å². The Bertz CT molecular complexity index is 535. The molecule has 1 aromatic carbocycles. The molecule has 15 heavy (non-hydrogen) atoms. The molecule has 0 spiro atoms. The zero-order valence-corrected chi connectivity index (χ0v) is 7.81. The summed E-state index contributed by atoms with van der Waals surface area (Å²) in [5.41, 5.74) is 1.39. The molecule has 0 atom stereocenters. The monoisotopic (exact) mass is 197 g/mol. The summed E-state index contributed by atoms with van der Waals surface area (Å²) in [5, 5.41) is 0. The maximum Gasteiger partial charge on any atom is 0.346 e. The molecule has 2 aromatic rings. The average Bonchev–Trinajstić information content (AvgIpc) is 2.78. The Morgan fingerprint density at radius 2 is 2.13 bits per heavy atom. The van der Waals surface area contributed by atoms with Gasteiger partial charge in [0.1, 0.15) is 12.0 Å². The van der Waals surface area contributed by atoms with Gasteiger partial charge in [0.25, 0.3) is 0 Å². The molecule has 72 valence electrons. The van der Waals surface area contributed by atoms with Crippen LogP contribution in [0.4, 0.5) is 5.88 Å². The van der Waals surface area contributed by atoms with E-state index in [2.05, 4.69) is 4.85 Å². The quantitative estimate of drug-likeness (QED) is 0.546. The molecule has 0 aliphatic heterocycles. The van der Waals surface area contributed by atoms with Gasteiger partial charge in [-0.1, -0.05) is 18.2 Å². The van der Waals surface area contributed by atoms with E-state index in [1.807, 2.05) is 6.07 Å². The smallest absolute Gasteiger partial charge is 0.346 e. The lowest BCUT2D eigenvalue weighted by molar-refractivity contribution is 0.112. The van der Waals surface area contributed by atoms with Crippen molar-refractivity contribution in [2.45, 2.75) is 0 Å². The van der Waals surface area contributed by atoms with Gasteiger partial charge in [0.2, 0.25) is 0 Å². The highest BCUT2D eigenvalue weighted by Crippen LogP contribution is 2.26. The van der Waals surface area contributed by atoms with Gasteiger partial charge in [-0.05, 0) is 18.2 Å². The molecule has 0 saturated heterocycles. The number of benzene rings is 1. The lowest BCUT2D eigenvalue weighted by atomic mass is 10.1. The second kappa shape index (κ2) is 3.81. The molecule has 3 nitrogen and oxygen atoms in total. The van der Waals surface area contributed by atoms with Crippen LogP contribution in [0.2, 0.25) is 0 Å². The van der Waals surface area contributed by atoms with E-state index in [0.29, 0.717) is 11.3 Å². The van der Waals surface area contributed by atoms with Gasteiger partial charge in [0, 0.05) is 11.1 Å². The Balaban J connectivity index is 2.45. The number of furan rings is 1. The first-order valence-corrected chi connectivity index (χ1v) is 4.36. The summed E-state index contributed by atoms with van der Waals surface area (Å²) in [6.07, 6.45) is 0.780. The summed E-state index contributed by atoms with van der Waals surface area (Å²) in [7, 11) is 0. The van der Waals surface area contributed by atoms with Gasteiger partial charge in [-0.15, -0.1) is 0 Å². The summed E-state index contributed by atoms with van der Waals surface area (Å²) in [6, 6.07) is 10.4. The lowest BCUT2D eigenvalue weighted by Crippen LogP contribution is -1.80. The van der Waals surface area contributed by atoms with Crippen molar-refractivity contribution in [3.8, 4) is 11.3 Å². The molecule has 0 aliphatic rings. The van der Waals surface area contributed by atoms with Crippen molar-refractivity contribution in [3.05, 3.63) is 53.4 Å². The summed E-state index contributed by atoms with van der Waals surface area (Å²) in [4.78, 5) is 13.7. The molecule has 0 amide bonds. The van der Waals surface area contributed by atoms with Gasteiger partial charge >= 0.3 is 5.88 Å². The number of carbonyl (C=O) groups excluding carboxylic acids is 1. The number of nitrogens with zero attached hydrogens (tertiary/aromatic N) is 1. The lowest BCUT2D eigenvalue weighted by Gasteiger charge is -1.97. The molecule has 0 N–H and O–H groups in total. The minimum Gasteiger partial charge on any atom is -0.480 e. The molecule has 0 saturated carbocycles.